The number of primary amides is 1. The van der Waals surface area contributed by atoms with Crippen molar-refractivity contribution in [3.05, 3.63) is 0 Å². The second-order valence-corrected chi connectivity index (χ2v) is 9.87. The zero-order valence-corrected chi connectivity index (χ0v) is 26.0. The maximum atomic E-state index is 11.3. The topological polar surface area (TPSA) is 327 Å². The maximum absolute atomic E-state index is 11.3. The van der Waals surface area contributed by atoms with Crippen molar-refractivity contribution in [2.75, 3.05) is 26.3 Å². The fourth-order valence-corrected chi connectivity index (χ4v) is 2.32. The number of amides is 7. The molecule has 0 aromatic heterocycles. The molecule has 0 bridgehead atoms. The number of hydrogen-bond donors (Lipinski definition) is 12. The molecule has 240 valence electrons. The zero-order chi connectivity index (χ0) is 32.6. The summed E-state index contributed by atoms with van der Waals surface area (Å²) in [7, 11) is 0. The van der Waals surface area contributed by atoms with E-state index in [1.165, 1.54) is 27.7 Å². The number of aliphatic carboxylic acids is 2. The van der Waals surface area contributed by atoms with Gasteiger partial charge in [-0.2, -0.15) is 0 Å². The summed E-state index contributed by atoms with van der Waals surface area (Å²) in [4.78, 5) is 74.1. The number of hydrogen-bond acceptors (Lipinski definition) is 11. The second kappa shape index (κ2) is 21.0. The molecule has 1 unspecified atom stereocenters. The Balaban J connectivity index is -0.000000169. The van der Waals surface area contributed by atoms with Gasteiger partial charge < -0.3 is 60.5 Å². The molecule has 1 heterocycles. The second-order valence-electron chi connectivity index (χ2n) is 9.87. The summed E-state index contributed by atoms with van der Waals surface area (Å²) in [5.41, 5.74) is 2.82. The van der Waals surface area contributed by atoms with Crippen molar-refractivity contribution < 1.29 is 67.1 Å². The third-order valence-corrected chi connectivity index (χ3v) is 5.13. The predicted octanol–water partition coefficient (Wildman–Crippen LogP) is -4.42. The van der Waals surface area contributed by atoms with E-state index in [2.05, 4.69) is 16.0 Å². The summed E-state index contributed by atoms with van der Waals surface area (Å²) >= 11 is 0. The first-order valence-corrected chi connectivity index (χ1v) is 12.0. The van der Waals surface area contributed by atoms with Gasteiger partial charge in [-0.25, -0.2) is 9.59 Å². The Labute approximate surface area is 273 Å². The number of carboxylic acid groups (broad SMARTS) is 2. The Kier molecular flexibility index (Phi) is 21.8. The average molecular weight is 639 g/mol. The van der Waals surface area contributed by atoms with Gasteiger partial charge in [0.05, 0.1) is 26.1 Å². The van der Waals surface area contributed by atoms with Crippen molar-refractivity contribution in [2.45, 2.75) is 58.9 Å². The first kappa shape index (κ1) is 43.6. The molecule has 19 nitrogen and oxygen atoms in total. The number of aliphatic hydroxyl groups is 4. The fourth-order valence-electron chi connectivity index (χ4n) is 2.32. The van der Waals surface area contributed by atoms with Crippen LogP contribution in [0, 0.1) is 10.8 Å². The molecule has 0 aliphatic carbocycles. The molecular weight excluding hydrogens is 596 g/mol. The zero-order valence-electron chi connectivity index (χ0n) is 25.8. The number of rotatable bonds is 13. The molecule has 0 radical (unpaired) electrons. The van der Waals surface area contributed by atoms with Crippen molar-refractivity contribution in [1.82, 2.24) is 26.6 Å². The smallest absolute Gasteiger partial charge is 1.00 e. The Morgan fingerprint density at radius 2 is 1.21 bits per heavy atom. The molecule has 13 N–H and O–H groups in total. The van der Waals surface area contributed by atoms with E-state index < -0.39 is 70.9 Å². The van der Waals surface area contributed by atoms with E-state index >= 15 is 0 Å². The maximum Gasteiger partial charge on any atom is 2.00 e. The molecule has 1 fully saturated rings. The quantitative estimate of drug-likeness (QED) is 0.0670. The van der Waals surface area contributed by atoms with E-state index in [0.717, 1.165) is 0 Å². The van der Waals surface area contributed by atoms with Gasteiger partial charge in [-0.1, -0.05) is 27.7 Å². The fraction of sp³-hybridized carbons (Fsp3) is 0.682. The number of nitrogens with two attached hydrogens (primary N) is 1. The van der Waals surface area contributed by atoms with Crippen LogP contribution >= 0.6 is 0 Å². The average Bonchev–Trinajstić information content (AvgIpc) is 3.18. The van der Waals surface area contributed by atoms with Crippen LogP contribution in [-0.2, 0) is 24.0 Å². The number of urea groups is 2. The molecule has 3 atom stereocenters. The van der Waals surface area contributed by atoms with Crippen LogP contribution in [0.5, 0.6) is 0 Å². The first-order valence-electron chi connectivity index (χ1n) is 12.0. The third kappa shape index (κ3) is 18.6. The van der Waals surface area contributed by atoms with Gasteiger partial charge in [0.15, 0.2) is 6.17 Å². The third-order valence-electron chi connectivity index (χ3n) is 5.13. The van der Waals surface area contributed by atoms with Gasteiger partial charge in [0.1, 0.15) is 12.2 Å². The summed E-state index contributed by atoms with van der Waals surface area (Å²) < 4.78 is 0. The SMILES string of the molecule is CC(C)(CO)[C@@H](O)C(=O)NCCC(=O)O.CC(C)(CO)[C@@H](O)C(=O)NCCC(=O)O.NC(=O)NC1NC(=O)NC1=O.[Ca+2].[H-].[H-]. The molecule has 1 aliphatic heterocycles. The molecule has 0 spiro atoms. The minimum Gasteiger partial charge on any atom is -1.00 e. The van der Waals surface area contributed by atoms with Crippen molar-refractivity contribution in [1.29, 1.82) is 0 Å². The molecule has 42 heavy (non-hydrogen) atoms. The van der Waals surface area contributed by atoms with E-state index in [4.69, 9.17) is 26.2 Å². The van der Waals surface area contributed by atoms with Crippen molar-refractivity contribution in [2.24, 2.45) is 16.6 Å². The Morgan fingerprint density at radius 1 is 0.857 bits per heavy atom. The monoisotopic (exact) mass is 638 g/mol. The minimum atomic E-state index is -1.35. The molecule has 0 aromatic rings. The van der Waals surface area contributed by atoms with Gasteiger partial charge in [0.25, 0.3) is 5.91 Å². The number of carbonyl (C=O) groups is 7. The normalized spacial score (nSPS) is 15.4. The van der Waals surface area contributed by atoms with E-state index in [-0.39, 0.29) is 79.7 Å². The summed E-state index contributed by atoms with van der Waals surface area (Å²) in [5.74, 6) is -4.00. The largest absolute Gasteiger partial charge is 2.00 e. The minimum absolute atomic E-state index is 0. The molecule has 1 saturated heterocycles. The van der Waals surface area contributed by atoms with Crippen molar-refractivity contribution >= 4 is 79.5 Å². The van der Waals surface area contributed by atoms with Crippen molar-refractivity contribution in [3.63, 3.8) is 0 Å². The van der Waals surface area contributed by atoms with Crippen LogP contribution in [0.15, 0.2) is 0 Å². The number of carbonyl (C=O) groups excluding carboxylic acids is 5. The van der Waals surface area contributed by atoms with E-state index in [9.17, 15) is 43.8 Å². The first-order chi connectivity index (χ1) is 18.7. The van der Waals surface area contributed by atoms with Gasteiger partial charge in [-0.15, -0.1) is 0 Å². The van der Waals surface area contributed by atoms with E-state index in [1.807, 2.05) is 10.6 Å². The summed E-state index contributed by atoms with van der Waals surface area (Å²) in [6, 6.07) is -1.51. The van der Waals surface area contributed by atoms with Gasteiger partial charge in [-0.05, 0) is 0 Å². The van der Waals surface area contributed by atoms with Gasteiger partial charge >= 0.3 is 61.7 Å². The summed E-state index contributed by atoms with van der Waals surface area (Å²) in [6.45, 7) is 5.41. The predicted molar refractivity (Wildman–Crippen MR) is 145 cm³/mol. The van der Waals surface area contributed by atoms with Gasteiger partial charge in [-0.3, -0.25) is 29.3 Å². The Hall–Kier alpha value is -2.81. The van der Waals surface area contributed by atoms with Crippen LogP contribution in [0.2, 0.25) is 0 Å². The van der Waals surface area contributed by atoms with Crippen LogP contribution < -0.4 is 32.3 Å². The van der Waals surface area contributed by atoms with Crippen molar-refractivity contribution in [3.8, 4) is 0 Å². The van der Waals surface area contributed by atoms with Crippen LogP contribution in [0.1, 0.15) is 43.4 Å². The van der Waals surface area contributed by atoms with Crippen LogP contribution in [0.3, 0.4) is 0 Å². The number of aliphatic hydroxyl groups excluding tert-OH is 4. The van der Waals surface area contributed by atoms with E-state index in [0.29, 0.717) is 0 Å². The standard InChI is InChI=1S/2C9H17NO5.C4H6N4O3.Ca.2H/c2*1-9(2,5-11)7(14)8(15)10-4-3-6(12)13;5-3(10)6-1-2(9)8-4(11)7-1;;;/h2*7,11,14H,3-5H2,1-2H3,(H,10,15)(H,12,13);1H,(H3,5,6,10)(H2,7,8,9,11);;;/q;;;+2;2*-1/t2*7-;;;;/m00..../s1. The van der Waals surface area contributed by atoms with Crippen LogP contribution in [0.4, 0.5) is 9.59 Å². The molecule has 1 aliphatic rings. The van der Waals surface area contributed by atoms with Gasteiger partial charge in [0.2, 0.25) is 11.8 Å². The molecule has 1 rings (SSSR count). The number of carboxylic acids is 2. The molecular formula is C22H42CaN6O13. The molecule has 0 saturated carbocycles. The van der Waals surface area contributed by atoms with Crippen LogP contribution in [-0.4, -0.2) is 155 Å². The summed E-state index contributed by atoms with van der Waals surface area (Å²) in [5, 5.41) is 64.0. The van der Waals surface area contributed by atoms with Gasteiger partial charge in [0, 0.05) is 23.9 Å². The summed E-state index contributed by atoms with van der Waals surface area (Å²) in [6.07, 6.45) is -4.14. The number of imide groups is 1. The molecule has 20 heteroatoms. The molecule has 0 aromatic carbocycles. The molecule has 7 amide bonds. The Bertz CT molecular complexity index is 909. The number of nitrogens with one attached hydrogen (secondary N) is 5. The van der Waals surface area contributed by atoms with E-state index in [1.54, 1.807) is 0 Å². The Morgan fingerprint density at radius 3 is 1.45 bits per heavy atom. The van der Waals surface area contributed by atoms with Crippen LogP contribution in [0.25, 0.3) is 0 Å².